The van der Waals surface area contributed by atoms with Crippen LogP contribution >= 0.6 is 0 Å². The fraction of sp³-hybridized carbons (Fsp3) is 0.359. The summed E-state index contributed by atoms with van der Waals surface area (Å²) in [7, 11) is -0.268. The number of methoxy groups -OCH3 is 1. The molecule has 1 saturated heterocycles. The van der Waals surface area contributed by atoms with Gasteiger partial charge < -0.3 is 14.6 Å². The minimum atomic E-state index is -1.98. The Balaban J connectivity index is 1.07. The molecule has 1 fully saturated rings. The number of amides is 1. The summed E-state index contributed by atoms with van der Waals surface area (Å²) >= 11 is 0. The molecule has 4 aromatic carbocycles. The SMILES string of the molecule is COc1ccc([Si](C)(C)[C@H]2[C@H](C)[C@H](CCc3ccc(N4C(=O)c5cccc6cccc4c56)cc3)O[C@@H]2CCn2cc(CCO)nn2)cc1. The Hall–Kier alpha value is -4.31. The number of aliphatic hydroxyl groups excluding tert-OH is 1. The van der Waals surface area contributed by atoms with Crippen molar-refractivity contribution < 1.29 is 19.4 Å². The number of aliphatic hydroxyl groups is 1. The molecule has 8 nitrogen and oxygen atoms in total. The van der Waals surface area contributed by atoms with Gasteiger partial charge in [-0.25, -0.2) is 0 Å². The van der Waals surface area contributed by atoms with E-state index < -0.39 is 8.07 Å². The first-order valence-electron chi connectivity index (χ1n) is 17.0. The number of carbonyl (C=O) groups is 1. The van der Waals surface area contributed by atoms with Crippen molar-refractivity contribution in [2.75, 3.05) is 18.6 Å². The molecule has 248 valence electrons. The number of anilines is 2. The Morgan fingerprint density at radius 3 is 2.40 bits per heavy atom. The van der Waals surface area contributed by atoms with E-state index in [0.29, 0.717) is 17.9 Å². The van der Waals surface area contributed by atoms with E-state index in [9.17, 15) is 9.90 Å². The first-order chi connectivity index (χ1) is 23.3. The molecular formula is C39H44N4O4Si. The lowest BCUT2D eigenvalue weighted by molar-refractivity contribution is 0.0250. The number of aryl methyl sites for hydroxylation is 2. The van der Waals surface area contributed by atoms with Crippen molar-refractivity contribution in [1.82, 2.24) is 15.0 Å². The topological polar surface area (TPSA) is 89.7 Å². The minimum absolute atomic E-state index is 0.0268. The number of carbonyl (C=O) groups excluding carboxylic acids is 1. The average Bonchev–Trinajstić information content (AvgIpc) is 3.78. The second-order valence-corrected chi connectivity index (χ2v) is 18.5. The van der Waals surface area contributed by atoms with E-state index in [-0.39, 0.29) is 24.7 Å². The van der Waals surface area contributed by atoms with Crippen LogP contribution in [0.4, 0.5) is 11.4 Å². The molecule has 48 heavy (non-hydrogen) atoms. The Morgan fingerprint density at radius 1 is 0.917 bits per heavy atom. The van der Waals surface area contributed by atoms with Gasteiger partial charge in [-0.1, -0.05) is 78.9 Å². The average molecular weight is 661 g/mol. The molecule has 0 unspecified atom stereocenters. The lowest BCUT2D eigenvalue weighted by atomic mass is 9.95. The maximum atomic E-state index is 13.4. The van der Waals surface area contributed by atoms with Crippen molar-refractivity contribution in [2.45, 2.75) is 70.0 Å². The van der Waals surface area contributed by atoms with E-state index in [0.717, 1.165) is 65.0 Å². The fourth-order valence-corrected chi connectivity index (χ4v) is 12.3. The molecule has 0 radical (unpaired) electrons. The van der Waals surface area contributed by atoms with E-state index in [1.807, 2.05) is 40.0 Å². The number of aromatic nitrogens is 3. The monoisotopic (exact) mass is 660 g/mol. The van der Waals surface area contributed by atoms with E-state index in [1.165, 1.54) is 10.8 Å². The summed E-state index contributed by atoms with van der Waals surface area (Å²) in [6.45, 7) is 8.11. The summed E-state index contributed by atoms with van der Waals surface area (Å²) in [5.41, 5.74) is 5.07. The third kappa shape index (κ3) is 5.95. The normalized spacial score (nSPS) is 20.6. The van der Waals surface area contributed by atoms with Crippen LogP contribution in [-0.2, 0) is 24.1 Å². The van der Waals surface area contributed by atoms with Gasteiger partial charge in [-0.2, -0.15) is 0 Å². The molecule has 2 aliphatic rings. The summed E-state index contributed by atoms with van der Waals surface area (Å²) in [4.78, 5) is 15.3. The van der Waals surface area contributed by atoms with Crippen LogP contribution in [0.1, 0.15) is 41.4 Å². The zero-order valence-corrected chi connectivity index (χ0v) is 29.2. The summed E-state index contributed by atoms with van der Waals surface area (Å²) in [6.07, 6.45) is 5.37. The molecular weight excluding hydrogens is 617 g/mol. The molecule has 3 heterocycles. The second-order valence-electron chi connectivity index (χ2n) is 13.8. The van der Waals surface area contributed by atoms with Crippen molar-refractivity contribution in [2.24, 2.45) is 5.92 Å². The summed E-state index contributed by atoms with van der Waals surface area (Å²) in [6, 6.07) is 29.2. The Kier molecular flexibility index (Phi) is 8.93. The summed E-state index contributed by atoms with van der Waals surface area (Å²) in [5, 5.41) is 21.4. The number of ether oxygens (including phenoxy) is 2. The van der Waals surface area contributed by atoms with Gasteiger partial charge in [0.2, 0.25) is 0 Å². The fourth-order valence-electron chi connectivity index (χ4n) is 8.15. The third-order valence-electron chi connectivity index (χ3n) is 10.6. The van der Waals surface area contributed by atoms with Crippen molar-refractivity contribution in [3.8, 4) is 5.75 Å². The quantitative estimate of drug-likeness (QED) is 0.150. The van der Waals surface area contributed by atoms with Crippen LogP contribution in [-0.4, -0.2) is 60.0 Å². The van der Waals surface area contributed by atoms with Crippen LogP contribution in [0.25, 0.3) is 10.8 Å². The number of hydrogen-bond donors (Lipinski definition) is 1. The molecule has 1 amide bonds. The second kappa shape index (κ2) is 13.3. The Morgan fingerprint density at radius 2 is 1.67 bits per heavy atom. The summed E-state index contributed by atoms with van der Waals surface area (Å²) < 4.78 is 14.3. The molecule has 0 spiro atoms. The van der Waals surface area contributed by atoms with E-state index in [4.69, 9.17) is 9.47 Å². The van der Waals surface area contributed by atoms with E-state index in [2.05, 4.69) is 91.0 Å². The zero-order chi connectivity index (χ0) is 33.4. The predicted molar refractivity (Wildman–Crippen MR) is 192 cm³/mol. The molecule has 4 atom stereocenters. The smallest absolute Gasteiger partial charge is 0.263 e. The molecule has 7 rings (SSSR count). The third-order valence-corrected chi connectivity index (χ3v) is 15.0. The van der Waals surface area contributed by atoms with Gasteiger partial charge in [-0.15, -0.1) is 5.10 Å². The molecule has 1 aromatic heterocycles. The van der Waals surface area contributed by atoms with Gasteiger partial charge in [0.1, 0.15) is 5.75 Å². The van der Waals surface area contributed by atoms with Crippen LogP contribution in [0.2, 0.25) is 18.6 Å². The number of hydrogen-bond acceptors (Lipinski definition) is 6. The van der Waals surface area contributed by atoms with Crippen molar-refractivity contribution in [3.05, 3.63) is 108 Å². The molecule has 0 bridgehead atoms. The number of benzene rings is 4. The van der Waals surface area contributed by atoms with E-state index >= 15 is 0 Å². The molecule has 2 aliphatic heterocycles. The van der Waals surface area contributed by atoms with Crippen LogP contribution in [0.3, 0.4) is 0 Å². The predicted octanol–water partition coefficient (Wildman–Crippen LogP) is 6.68. The van der Waals surface area contributed by atoms with Crippen LogP contribution in [0, 0.1) is 5.92 Å². The van der Waals surface area contributed by atoms with E-state index in [1.54, 1.807) is 7.11 Å². The largest absolute Gasteiger partial charge is 0.497 e. The van der Waals surface area contributed by atoms with Gasteiger partial charge in [0.15, 0.2) is 0 Å². The first kappa shape index (κ1) is 32.2. The zero-order valence-electron chi connectivity index (χ0n) is 28.2. The lowest BCUT2D eigenvalue weighted by Gasteiger charge is -2.36. The molecule has 0 saturated carbocycles. The van der Waals surface area contributed by atoms with Gasteiger partial charge in [0.05, 0.1) is 44.3 Å². The van der Waals surface area contributed by atoms with Crippen LogP contribution in [0.5, 0.6) is 5.75 Å². The Bertz CT molecular complexity index is 1900. The van der Waals surface area contributed by atoms with Gasteiger partial charge >= 0.3 is 0 Å². The van der Waals surface area contributed by atoms with Crippen molar-refractivity contribution >= 4 is 41.3 Å². The van der Waals surface area contributed by atoms with Gasteiger partial charge in [-0.05, 0) is 78.1 Å². The molecule has 0 aliphatic carbocycles. The van der Waals surface area contributed by atoms with Crippen LogP contribution < -0.4 is 14.8 Å². The Labute approximate surface area is 283 Å². The highest BCUT2D eigenvalue weighted by Crippen LogP contribution is 2.47. The number of nitrogens with zero attached hydrogens (tertiary/aromatic N) is 4. The maximum absolute atomic E-state index is 13.4. The van der Waals surface area contributed by atoms with Gasteiger partial charge in [0, 0.05) is 36.8 Å². The minimum Gasteiger partial charge on any atom is -0.497 e. The highest BCUT2D eigenvalue weighted by Gasteiger charge is 2.50. The summed E-state index contributed by atoms with van der Waals surface area (Å²) in [5.74, 6) is 1.29. The van der Waals surface area contributed by atoms with Crippen molar-refractivity contribution in [1.29, 1.82) is 0 Å². The first-order valence-corrected chi connectivity index (χ1v) is 20.1. The maximum Gasteiger partial charge on any atom is 0.263 e. The molecule has 1 N–H and O–H groups in total. The van der Waals surface area contributed by atoms with Gasteiger partial charge in [0.25, 0.3) is 5.91 Å². The van der Waals surface area contributed by atoms with Gasteiger partial charge in [-0.3, -0.25) is 14.4 Å². The highest BCUT2D eigenvalue weighted by molar-refractivity contribution is 6.91. The molecule has 9 heteroatoms. The standard InChI is InChI=1S/C39H44N4O4Si/c1-26-35(20-13-27-11-14-30(15-12-27)43-34-10-6-8-28-7-5-9-33(37(28)34)39(43)45)47-36(21-23-42-25-29(22-24-44)40-41-42)38(26)48(3,4)32-18-16-31(46-2)17-19-32/h5-12,14-19,25-26,35-36,38,44H,13,20-24H2,1-4H3/t26-,35+,36-,38+/m1/s1. The lowest BCUT2D eigenvalue weighted by Crippen LogP contribution is -2.50. The molecule has 5 aromatic rings. The van der Waals surface area contributed by atoms with Crippen molar-refractivity contribution in [3.63, 3.8) is 0 Å². The number of rotatable bonds is 12. The van der Waals surface area contributed by atoms with Crippen LogP contribution in [0.15, 0.2) is 91.1 Å². The highest BCUT2D eigenvalue weighted by atomic mass is 28.3.